The van der Waals surface area contributed by atoms with Gasteiger partial charge in [-0.25, -0.2) is 0 Å². The maximum absolute atomic E-state index is 10.6. The first-order valence-corrected chi connectivity index (χ1v) is 4.97. The number of nitrogens with zero attached hydrogens (tertiary/aromatic N) is 2. The van der Waals surface area contributed by atoms with Crippen molar-refractivity contribution in [1.82, 2.24) is 0 Å². The van der Waals surface area contributed by atoms with Crippen LogP contribution in [0.25, 0.3) is 0 Å². The van der Waals surface area contributed by atoms with E-state index in [4.69, 9.17) is 10.4 Å². The molecule has 0 aromatic heterocycles. The highest BCUT2D eigenvalue weighted by Crippen LogP contribution is 2.21. The third-order valence-corrected chi connectivity index (χ3v) is 2.58. The van der Waals surface area contributed by atoms with Crippen LogP contribution in [0.5, 0.6) is 0 Å². The fourth-order valence-electron chi connectivity index (χ4n) is 1.38. The van der Waals surface area contributed by atoms with Gasteiger partial charge in [0.1, 0.15) is 12.4 Å². The number of rotatable bonds is 4. The van der Waals surface area contributed by atoms with Gasteiger partial charge in [-0.05, 0) is 25.1 Å². The smallest absolute Gasteiger partial charge is 0.150 e. The molecule has 0 radical (unpaired) electrons. The van der Waals surface area contributed by atoms with Crippen molar-refractivity contribution in [3.8, 4) is 6.07 Å². The number of aliphatic hydroxyl groups is 1. The van der Waals surface area contributed by atoms with Gasteiger partial charge in [0.25, 0.3) is 0 Å². The van der Waals surface area contributed by atoms with Gasteiger partial charge in [0.05, 0.1) is 17.9 Å². The van der Waals surface area contributed by atoms with Gasteiger partial charge in [0.2, 0.25) is 0 Å². The Hall–Kier alpha value is -1.86. The van der Waals surface area contributed by atoms with Gasteiger partial charge in [-0.1, -0.05) is 0 Å². The second kappa shape index (κ2) is 5.29. The molecule has 0 aliphatic carbocycles. The van der Waals surface area contributed by atoms with Crippen LogP contribution < -0.4 is 4.90 Å². The number of hydrogen-bond donors (Lipinski definition) is 1. The summed E-state index contributed by atoms with van der Waals surface area (Å²) in [7, 11) is 1.80. The number of hydrogen-bond acceptors (Lipinski definition) is 4. The zero-order valence-electron chi connectivity index (χ0n) is 9.34. The summed E-state index contributed by atoms with van der Waals surface area (Å²) in [6.45, 7) is 1.87. The summed E-state index contributed by atoms with van der Waals surface area (Å²) in [6, 6.07) is 6.89. The molecule has 1 atom stereocenters. The first-order chi connectivity index (χ1) is 7.63. The van der Waals surface area contributed by atoms with Crippen molar-refractivity contribution >= 4 is 12.0 Å². The Morgan fingerprint density at radius 1 is 1.62 bits per heavy atom. The zero-order valence-corrected chi connectivity index (χ0v) is 9.34. The van der Waals surface area contributed by atoms with Crippen LogP contribution in [0.1, 0.15) is 22.8 Å². The van der Waals surface area contributed by atoms with E-state index in [1.54, 1.807) is 25.2 Å². The molecule has 0 spiro atoms. The maximum atomic E-state index is 10.6. The molecule has 0 saturated carbocycles. The van der Waals surface area contributed by atoms with Crippen LogP contribution >= 0.6 is 0 Å². The highest BCUT2D eigenvalue weighted by molar-refractivity contribution is 5.78. The van der Waals surface area contributed by atoms with E-state index in [-0.39, 0.29) is 12.6 Å². The van der Waals surface area contributed by atoms with Crippen molar-refractivity contribution in [1.29, 1.82) is 5.26 Å². The average Bonchev–Trinajstić information content (AvgIpc) is 2.35. The Kier molecular flexibility index (Phi) is 4.03. The topological polar surface area (TPSA) is 64.3 Å². The van der Waals surface area contributed by atoms with Gasteiger partial charge in [0.15, 0.2) is 0 Å². The largest absolute Gasteiger partial charge is 0.394 e. The van der Waals surface area contributed by atoms with E-state index in [2.05, 4.69) is 0 Å². The van der Waals surface area contributed by atoms with E-state index in [9.17, 15) is 4.79 Å². The zero-order chi connectivity index (χ0) is 12.1. The number of benzene rings is 1. The lowest BCUT2D eigenvalue weighted by atomic mass is 10.1. The molecule has 0 fully saturated rings. The molecular weight excluding hydrogens is 204 g/mol. The van der Waals surface area contributed by atoms with Gasteiger partial charge in [-0.3, -0.25) is 4.79 Å². The van der Waals surface area contributed by atoms with Crippen LogP contribution in [0.3, 0.4) is 0 Å². The highest BCUT2D eigenvalue weighted by Gasteiger charge is 2.13. The number of aldehydes is 1. The highest BCUT2D eigenvalue weighted by atomic mass is 16.3. The van der Waals surface area contributed by atoms with Crippen molar-refractivity contribution in [2.75, 3.05) is 18.6 Å². The van der Waals surface area contributed by atoms with E-state index in [1.165, 1.54) is 0 Å². The Morgan fingerprint density at radius 2 is 2.31 bits per heavy atom. The molecule has 0 aliphatic heterocycles. The minimum absolute atomic E-state index is 0.0107. The molecule has 1 unspecified atom stereocenters. The van der Waals surface area contributed by atoms with Crippen molar-refractivity contribution < 1.29 is 9.90 Å². The predicted molar refractivity (Wildman–Crippen MR) is 61.5 cm³/mol. The lowest BCUT2D eigenvalue weighted by Gasteiger charge is -2.26. The van der Waals surface area contributed by atoms with Gasteiger partial charge in [0, 0.05) is 18.7 Å². The van der Waals surface area contributed by atoms with Gasteiger partial charge >= 0.3 is 0 Å². The summed E-state index contributed by atoms with van der Waals surface area (Å²) < 4.78 is 0. The molecule has 0 amide bonds. The second-order valence-corrected chi connectivity index (χ2v) is 3.65. The lowest BCUT2D eigenvalue weighted by Crippen LogP contribution is -2.32. The van der Waals surface area contributed by atoms with Crippen LogP contribution in [0, 0.1) is 11.3 Å². The summed E-state index contributed by atoms with van der Waals surface area (Å²) >= 11 is 0. The monoisotopic (exact) mass is 218 g/mol. The van der Waals surface area contributed by atoms with E-state index < -0.39 is 0 Å². The predicted octanol–water partition coefficient (Wildman–Crippen LogP) is 1.19. The van der Waals surface area contributed by atoms with Crippen molar-refractivity contribution in [2.45, 2.75) is 13.0 Å². The molecule has 0 saturated heterocycles. The molecule has 1 aromatic rings. The third kappa shape index (κ3) is 2.38. The van der Waals surface area contributed by atoms with Crippen LogP contribution in [0.4, 0.5) is 5.69 Å². The van der Waals surface area contributed by atoms with Gasteiger partial charge in [-0.2, -0.15) is 5.26 Å². The van der Waals surface area contributed by atoms with Crippen LogP contribution in [-0.2, 0) is 0 Å². The number of carbonyl (C=O) groups is 1. The number of likely N-dealkylation sites (N-methyl/N-ethyl adjacent to an activating group) is 1. The number of aliphatic hydroxyl groups excluding tert-OH is 1. The molecule has 84 valence electrons. The van der Waals surface area contributed by atoms with Gasteiger partial charge in [-0.15, -0.1) is 0 Å². The molecular formula is C12H14N2O2. The summed E-state index contributed by atoms with van der Waals surface area (Å²) in [5, 5.41) is 18.0. The van der Waals surface area contributed by atoms with E-state index in [1.807, 2.05) is 17.9 Å². The first kappa shape index (κ1) is 12.2. The molecule has 4 nitrogen and oxygen atoms in total. The normalized spacial score (nSPS) is 11.6. The average molecular weight is 218 g/mol. The lowest BCUT2D eigenvalue weighted by molar-refractivity contribution is 0.112. The Labute approximate surface area is 94.7 Å². The fraction of sp³-hybridized carbons (Fsp3) is 0.333. The summed E-state index contributed by atoms with van der Waals surface area (Å²) in [5.74, 6) is 0. The molecule has 1 rings (SSSR count). The third-order valence-electron chi connectivity index (χ3n) is 2.58. The maximum Gasteiger partial charge on any atom is 0.150 e. The fourth-order valence-corrected chi connectivity index (χ4v) is 1.38. The van der Waals surface area contributed by atoms with Crippen molar-refractivity contribution in [3.05, 3.63) is 29.3 Å². The summed E-state index contributed by atoms with van der Waals surface area (Å²) in [5.41, 5.74) is 1.63. The van der Waals surface area contributed by atoms with Gasteiger partial charge < -0.3 is 10.0 Å². The molecule has 1 aromatic carbocycles. The number of nitriles is 1. The summed E-state index contributed by atoms with van der Waals surface area (Å²) in [4.78, 5) is 12.4. The number of carbonyl (C=O) groups excluding carboxylic acids is 1. The molecule has 0 bridgehead atoms. The minimum atomic E-state index is -0.0748. The number of anilines is 1. The van der Waals surface area contributed by atoms with Crippen LogP contribution in [0.2, 0.25) is 0 Å². The Morgan fingerprint density at radius 3 is 2.81 bits per heavy atom. The molecule has 0 heterocycles. The standard InChI is InChI=1S/C12H14N2O2/c1-9(7-15)14(2)12-4-3-10(8-16)5-11(12)6-13/h3-5,8-9,15H,7H2,1-2H3. The minimum Gasteiger partial charge on any atom is -0.394 e. The van der Waals surface area contributed by atoms with E-state index in [0.717, 1.165) is 5.69 Å². The molecule has 4 heteroatoms. The first-order valence-electron chi connectivity index (χ1n) is 4.97. The molecule has 16 heavy (non-hydrogen) atoms. The second-order valence-electron chi connectivity index (χ2n) is 3.65. The quantitative estimate of drug-likeness (QED) is 0.771. The van der Waals surface area contributed by atoms with Crippen LogP contribution in [0.15, 0.2) is 18.2 Å². The SMILES string of the molecule is CC(CO)N(C)c1ccc(C=O)cc1C#N. The van der Waals surface area contributed by atoms with Crippen LogP contribution in [-0.4, -0.2) is 31.1 Å². The van der Waals surface area contributed by atoms with Crippen molar-refractivity contribution in [2.24, 2.45) is 0 Å². The Bertz CT molecular complexity index is 424. The van der Waals surface area contributed by atoms with E-state index >= 15 is 0 Å². The summed E-state index contributed by atoms with van der Waals surface area (Å²) in [6.07, 6.45) is 0.708. The Balaban J connectivity index is 3.14. The molecule has 1 N–H and O–H groups in total. The van der Waals surface area contributed by atoms with E-state index in [0.29, 0.717) is 17.4 Å². The molecule has 0 aliphatic rings. The van der Waals surface area contributed by atoms with Crippen molar-refractivity contribution in [3.63, 3.8) is 0 Å².